The summed E-state index contributed by atoms with van der Waals surface area (Å²) in [6.07, 6.45) is 0. The van der Waals surface area contributed by atoms with E-state index in [0.29, 0.717) is 11.4 Å². The maximum absolute atomic E-state index is 13.4. The van der Waals surface area contributed by atoms with Crippen LogP contribution in [0.15, 0.2) is 48.5 Å². The van der Waals surface area contributed by atoms with E-state index < -0.39 is 0 Å². The van der Waals surface area contributed by atoms with Gasteiger partial charge in [0.1, 0.15) is 5.82 Å². The predicted octanol–water partition coefficient (Wildman–Crippen LogP) is 4.01. The van der Waals surface area contributed by atoms with Gasteiger partial charge in [-0.05, 0) is 37.3 Å². The first-order valence-corrected chi connectivity index (χ1v) is 6.31. The van der Waals surface area contributed by atoms with Crippen molar-refractivity contribution in [1.29, 1.82) is 0 Å². The molecule has 1 aromatic heterocycles. The lowest BCUT2D eigenvalue weighted by molar-refractivity contribution is 0.629. The Kier molecular flexibility index (Phi) is 2.99. The minimum atomic E-state index is -0.364. The van der Waals surface area contributed by atoms with Gasteiger partial charge in [-0.2, -0.15) is 0 Å². The fraction of sp³-hybridized carbons (Fsp3) is 0.0625. The molecule has 0 bridgehead atoms. The lowest BCUT2D eigenvalue weighted by atomic mass is 10.1. The van der Waals surface area contributed by atoms with E-state index in [9.17, 15) is 4.39 Å². The summed E-state index contributed by atoms with van der Waals surface area (Å²) in [5.41, 5.74) is 9.27. The maximum Gasteiger partial charge on any atom is 0.127 e. The third-order valence-electron chi connectivity index (χ3n) is 3.06. The maximum atomic E-state index is 13.4. The number of fused-ring (bicyclic) bond motifs is 1. The molecule has 0 saturated carbocycles. The number of para-hydroxylation sites is 1. The van der Waals surface area contributed by atoms with E-state index in [2.05, 4.69) is 10.3 Å². The molecule has 4 heteroatoms. The van der Waals surface area contributed by atoms with Gasteiger partial charge >= 0.3 is 0 Å². The molecule has 3 nitrogen and oxygen atoms in total. The van der Waals surface area contributed by atoms with Gasteiger partial charge in [-0.1, -0.05) is 18.2 Å². The number of hydrogen-bond donors (Lipinski definition) is 2. The number of pyridine rings is 1. The molecule has 0 aliphatic heterocycles. The van der Waals surface area contributed by atoms with Crippen molar-refractivity contribution in [2.24, 2.45) is 0 Å². The van der Waals surface area contributed by atoms with E-state index >= 15 is 0 Å². The zero-order valence-corrected chi connectivity index (χ0v) is 11.0. The van der Waals surface area contributed by atoms with Crippen LogP contribution in [0.2, 0.25) is 0 Å². The van der Waals surface area contributed by atoms with Crippen LogP contribution in [0.3, 0.4) is 0 Å². The zero-order chi connectivity index (χ0) is 14.1. The van der Waals surface area contributed by atoms with Crippen molar-refractivity contribution in [3.63, 3.8) is 0 Å². The van der Waals surface area contributed by atoms with Gasteiger partial charge in [0, 0.05) is 22.5 Å². The van der Waals surface area contributed by atoms with Crippen LogP contribution in [0, 0.1) is 12.7 Å². The van der Waals surface area contributed by atoms with Crippen LogP contribution in [0.5, 0.6) is 0 Å². The quantitative estimate of drug-likeness (QED) is 0.690. The van der Waals surface area contributed by atoms with E-state index in [1.54, 1.807) is 6.07 Å². The van der Waals surface area contributed by atoms with E-state index in [4.69, 9.17) is 5.73 Å². The highest BCUT2D eigenvalue weighted by atomic mass is 19.1. The molecular formula is C16H14FN3. The van der Waals surface area contributed by atoms with Crippen molar-refractivity contribution < 1.29 is 4.39 Å². The number of nitrogens with one attached hydrogen (secondary N) is 1. The SMILES string of the molecule is Cc1ccc2cccc(Nc3cc(N)cc(F)c3)c2n1. The molecule has 0 aliphatic carbocycles. The Morgan fingerprint density at radius 3 is 2.75 bits per heavy atom. The highest BCUT2D eigenvalue weighted by Gasteiger charge is 2.04. The molecule has 0 fully saturated rings. The number of halogens is 1. The Labute approximate surface area is 116 Å². The Morgan fingerprint density at radius 1 is 1.10 bits per heavy atom. The van der Waals surface area contributed by atoms with E-state index in [-0.39, 0.29) is 5.82 Å². The van der Waals surface area contributed by atoms with Crippen LogP contribution in [0.1, 0.15) is 5.69 Å². The summed E-state index contributed by atoms with van der Waals surface area (Å²) < 4.78 is 13.4. The van der Waals surface area contributed by atoms with E-state index in [1.165, 1.54) is 12.1 Å². The molecular weight excluding hydrogens is 253 g/mol. The van der Waals surface area contributed by atoms with Gasteiger partial charge in [0.05, 0.1) is 11.2 Å². The molecule has 0 spiro atoms. The molecule has 100 valence electrons. The van der Waals surface area contributed by atoms with Gasteiger partial charge in [0.25, 0.3) is 0 Å². The summed E-state index contributed by atoms with van der Waals surface area (Å²) in [7, 11) is 0. The largest absolute Gasteiger partial charge is 0.399 e. The van der Waals surface area contributed by atoms with Crippen LogP contribution < -0.4 is 11.1 Å². The normalized spacial score (nSPS) is 10.7. The molecule has 0 unspecified atom stereocenters. The highest BCUT2D eigenvalue weighted by Crippen LogP contribution is 2.26. The van der Waals surface area contributed by atoms with Crippen LogP contribution in [0.25, 0.3) is 10.9 Å². The zero-order valence-electron chi connectivity index (χ0n) is 11.0. The van der Waals surface area contributed by atoms with Crippen LogP contribution >= 0.6 is 0 Å². The summed E-state index contributed by atoms with van der Waals surface area (Å²) in [5, 5.41) is 4.21. The van der Waals surface area contributed by atoms with Crippen LogP contribution in [-0.4, -0.2) is 4.98 Å². The summed E-state index contributed by atoms with van der Waals surface area (Å²) >= 11 is 0. The van der Waals surface area contributed by atoms with Crippen molar-refractivity contribution in [2.45, 2.75) is 6.92 Å². The molecule has 0 amide bonds. The van der Waals surface area contributed by atoms with Crippen molar-refractivity contribution in [3.05, 3.63) is 60.0 Å². The average molecular weight is 267 g/mol. The molecule has 0 radical (unpaired) electrons. The van der Waals surface area contributed by atoms with Crippen molar-refractivity contribution in [1.82, 2.24) is 4.98 Å². The minimum Gasteiger partial charge on any atom is -0.399 e. The summed E-state index contributed by atoms with van der Waals surface area (Å²) in [6, 6.07) is 14.2. The molecule has 3 N–H and O–H groups in total. The van der Waals surface area contributed by atoms with Crippen molar-refractivity contribution in [2.75, 3.05) is 11.1 Å². The molecule has 3 rings (SSSR count). The first-order chi connectivity index (χ1) is 9.61. The van der Waals surface area contributed by atoms with Gasteiger partial charge in [-0.15, -0.1) is 0 Å². The summed E-state index contributed by atoms with van der Waals surface area (Å²) in [6.45, 7) is 1.94. The van der Waals surface area contributed by atoms with Gasteiger partial charge < -0.3 is 11.1 Å². The third-order valence-corrected chi connectivity index (χ3v) is 3.06. The predicted molar refractivity (Wildman–Crippen MR) is 80.6 cm³/mol. The molecule has 0 aliphatic rings. The standard InChI is InChI=1S/C16H14FN3/c1-10-5-6-11-3-2-4-15(16(11)19-10)20-14-8-12(17)7-13(18)9-14/h2-9,20H,18H2,1H3. The minimum absolute atomic E-state index is 0.364. The van der Waals surface area contributed by atoms with Crippen molar-refractivity contribution >= 4 is 28.0 Å². The molecule has 3 aromatic rings. The molecule has 2 aromatic carbocycles. The number of nitrogens with zero attached hydrogens (tertiary/aromatic N) is 1. The number of aryl methyl sites for hydroxylation is 1. The van der Waals surface area contributed by atoms with Gasteiger partial charge in [-0.25, -0.2) is 4.39 Å². The third kappa shape index (κ3) is 2.40. The Balaban J connectivity index is 2.08. The number of anilines is 3. The second kappa shape index (κ2) is 4.81. The Morgan fingerprint density at radius 2 is 1.95 bits per heavy atom. The van der Waals surface area contributed by atoms with Gasteiger partial charge in [0.15, 0.2) is 0 Å². The summed E-state index contributed by atoms with van der Waals surface area (Å²) in [4.78, 5) is 4.53. The highest BCUT2D eigenvalue weighted by molar-refractivity contribution is 5.92. The average Bonchev–Trinajstić information content (AvgIpc) is 2.38. The smallest absolute Gasteiger partial charge is 0.127 e. The number of hydrogen-bond acceptors (Lipinski definition) is 3. The fourth-order valence-corrected chi connectivity index (χ4v) is 2.19. The Hall–Kier alpha value is -2.62. The van der Waals surface area contributed by atoms with Crippen LogP contribution in [0.4, 0.5) is 21.5 Å². The first-order valence-electron chi connectivity index (χ1n) is 6.31. The molecule has 1 heterocycles. The second-order valence-electron chi connectivity index (χ2n) is 4.73. The monoisotopic (exact) mass is 267 g/mol. The Bertz CT molecular complexity index is 764. The summed E-state index contributed by atoms with van der Waals surface area (Å²) in [5.74, 6) is -0.364. The van der Waals surface area contributed by atoms with Gasteiger partial charge in [-0.3, -0.25) is 4.98 Å². The topological polar surface area (TPSA) is 50.9 Å². The number of rotatable bonds is 2. The number of aromatic nitrogens is 1. The first kappa shape index (κ1) is 12.4. The fourth-order valence-electron chi connectivity index (χ4n) is 2.19. The van der Waals surface area contributed by atoms with E-state index in [0.717, 1.165) is 22.3 Å². The van der Waals surface area contributed by atoms with E-state index in [1.807, 2.05) is 37.3 Å². The number of benzene rings is 2. The van der Waals surface area contributed by atoms with Crippen LogP contribution in [-0.2, 0) is 0 Å². The van der Waals surface area contributed by atoms with Gasteiger partial charge in [0.2, 0.25) is 0 Å². The number of nitrogens with two attached hydrogens (primary N) is 1. The second-order valence-corrected chi connectivity index (χ2v) is 4.73. The lowest BCUT2D eigenvalue weighted by Crippen LogP contribution is -1.96. The van der Waals surface area contributed by atoms with Crippen molar-refractivity contribution in [3.8, 4) is 0 Å². The molecule has 0 saturated heterocycles. The molecule has 0 atom stereocenters. The molecule has 20 heavy (non-hydrogen) atoms. The lowest BCUT2D eigenvalue weighted by Gasteiger charge is -2.10. The number of nitrogen functional groups attached to an aromatic ring is 1.